The third kappa shape index (κ3) is 6.67. The third-order valence-electron chi connectivity index (χ3n) is 6.83. The number of hydrogen-bond acceptors (Lipinski definition) is 5. The van der Waals surface area contributed by atoms with Crippen LogP contribution in [0.3, 0.4) is 0 Å². The maximum atomic E-state index is 13.7. The first kappa shape index (κ1) is 28.6. The zero-order valence-electron chi connectivity index (χ0n) is 21.0. The van der Waals surface area contributed by atoms with Crippen LogP contribution in [0.5, 0.6) is 0 Å². The summed E-state index contributed by atoms with van der Waals surface area (Å²) >= 11 is 0. The summed E-state index contributed by atoms with van der Waals surface area (Å²) in [6, 6.07) is 7.05. The van der Waals surface area contributed by atoms with E-state index in [-0.39, 0.29) is 17.6 Å². The van der Waals surface area contributed by atoms with Gasteiger partial charge in [0.25, 0.3) is 0 Å². The number of benzene rings is 1. The molecular formula is C25H32F4N4O4. The number of carboxylic acid groups (broad SMARTS) is 1. The number of ether oxygens (including phenoxy) is 1. The van der Waals surface area contributed by atoms with E-state index in [2.05, 4.69) is 29.5 Å². The summed E-state index contributed by atoms with van der Waals surface area (Å²) in [5.74, 6) is -2.75. The zero-order chi connectivity index (χ0) is 27.4. The predicted molar refractivity (Wildman–Crippen MR) is 126 cm³/mol. The van der Waals surface area contributed by atoms with E-state index in [1.165, 1.54) is 6.07 Å². The summed E-state index contributed by atoms with van der Waals surface area (Å²) < 4.78 is 52.7. The standard InChI is InChI=1S/C23H31FN4O2.C2HF3O2/c1-17(2)28-14-21(25-16-28)20-13-26(12-18-5-4-6-19(24)11-18)15-23(20)7-8-27(22(23)29)9-10-30-3;3-2(4,5)1(6)7/h4-6,11,14,16-17,20H,7-10,12-13,15H2,1-3H3;(H,6,7). The van der Waals surface area contributed by atoms with Crippen LogP contribution in [0.15, 0.2) is 36.8 Å². The normalized spacial score (nSPS) is 22.1. The lowest BCUT2D eigenvalue weighted by Gasteiger charge is -2.28. The van der Waals surface area contributed by atoms with Gasteiger partial charge in [-0.2, -0.15) is 13.2 Å². The molecule has 0 aliphatic carbocycles. The summed E-state index contributed by atoms with van der Waals surface area (Å²) in [5, 5.41) is 7.12. The number of amides is 1. The maximum absolute atomic E-state index is 13.7. The van der Waals surface area contributed by atoms with Gasteiger partial charge < -0.3 is 19.3 Å². The van der Waals surface area contributed by atoms with E-state index in [0.29, 0.717) is 32.3 Å². The Morgan fingerprint density at radius 2 is 2.03 bits per heavy atom. The highest BCUT2D eigenvalue weighted by Gasteiger charge is 2.57. The fourth-order valence-corrected chi connectivity index (χ4v) is 4.95. The van der Waals surface area contributed by atoms with Gasteiger partial charge >= 0.3 is 12.1 Å². The number of rotatable bonds is 7. The van der Waals surface area contributed by atoms with Crippen molar-refractivity contribution in [2.75, 3.05) is 39.9 Å². The minimum atomic E-state index is -5.08. The summed E-state index contributed by atoms with van der Waals surface area (Å²) in [4.78, 5) is 31.4. The first-order chi connectivity index (χ1) is 17.4. The van der Waals surface area contributed by atoms with Crippen molar-refractivity contribution in [2.45, 2.75) is 44.9 Å². The fraction of sp³-hybridized carbons (Fsp3) is 0.560. The van der Waals surface area contributed by atoms with Gasteiger partial charge in [0.2, 0.25) is 5.91 Å². The molecule has 2 unspecified atom stereocenters. The van der Waals surface area contributed by atoms with Crippen molar-refractivity contribution in [2.24, 2.45) is 5.41 Å². The van der Waals surface area contributed by atoms with Crippen LogP contribution in [0.4, 0.5) is 17.6 Å². The zero-order valence-corrected chi connectivity index (χ0v) is 21.0. The minimum absolute atomic E-state index is 0.0334. The molecule has 2 aliphatic heterocycles. The lowest BCUT2D eigenvalue weighted by atomic mass is 9.75. The van der Waals surface area contributed by atoms with E-state index in [4.69, 9.17) is 19.6 Å². The first-order valence-corrected chi connectivity index (χ1v) is 12.0. The lowest BCUT2D eigenvalue weighted by molar-refractivity contribution is -0.192. The number of hydrogen-bond donors (Lipinski definition) is 1. The summed E-state index contributed by atoms with van der Waals surface area (Å²) in [6.07, 6.45) is -0.312. The number of methoxy groups -OCH3 is 1. The summed E-state index contributed by atoms with van der Waals surface area (Å²) in [5.41, 5.74) is 1.43. The molecule has 2 fully saturated rings. The summed E-state index contributed by atoms with van der Waals surface area (Å²) in [7, 11) is 1.66. The Kier molecular flexibility index (Phi) is 8.96. The third-order valence-corrected chi connectivity index (χ3v) is 6.83. The highest BCUT2D eigenvalue weighted by Crippen LogP contribution is 2.49. The largest absolute Gasteiger partial charge is 0.490 e. The Morgan fingerprint density at radius 3 is 2.59 bits per heavy atom. The maximum Gasteiger partial charge on any atom is 0.490 e. The van der Waals surface area contributed by atoms with Crippen molar-refractivity contribution in [1.82, 2.24) is 19.4 Å². The van der Waals surface area contributed by atoms with Gasteiger partial charge in [-0.05, 0) is 38.0 Å². The number of aromatic nitrogens is 2. The highest BCUT2D eigenvalue weighted by atomic mass is 19.4. The fourth-order valence-electron chi connectivity index (χ4n) is 4.95. The Hall–Kier alpha value is -2.99. The van der Waals surface area contributed by atoms with E-state index in [9.17, 15) is 22.4 Å². The predicted octanol–water partition coefficient (Wildman–Crippen LogP) is 3.70. The van der Waals surface area contributed by atoms with E-state index in [1.54, 1.807) is 19.2 Å². The van der Waals surface area contributed by atoms with Gasteiger partial charge in [0.05, 0.1) is 24.0 Å². The Morgan fingerprint density at radius 1 is 1.32 bits per heavy atom. The highest BCUT2D eigenvalue weighted by molar-refractivity contribution is 5.86. The molecule has 2 aliphatic rings. The number of halogens is 4. The van der Waals surface area contributed by atoms with Crippen molar-refractivity contribution in [3.8, 4) is 0 Å². The van der Waals surface area contributed by atoms with E-state index in [0.717, 1.165) is 30.8 Å². The van der Waals surface area contributed by atoms with Crippen LogP contribution in [-0.2, 0) is 20.9 Å². The monoisotopic (exact) mass is 528 g/mol. The van der Waals surface area contributed by atoms with Gasteiger partial charge in [-0.15, -0.1) is 0 Å². The molecule has 12 heteroatoms. The lowest BCUT2D eigenvalue weighted by Crippen LogP contribution is -2.40. The minimum Gasteiger partial charge on any atom is -0.475 e. The van der Waals surface area contributed by atoms with E-state index >= 15 is 0 Å². The number of carboxylic acids is 1. The van der Waals surface area contributed by atoms with E-state index in [1.807, 2.05) is 17.3 Å². The molecule has 0 radical (unpaired) electrons. The van der Waals surface area contributed by atoms with Crippen LogP contribution in [0.2, 0.25) is 0 Å². The molecule has 2 atom stereocenters. The number of alkyl halides is 3. The first-order valence-electron chi connectivity index (χ1n) is 12.0. The van der Waals surface area contributed by atoms with Crippen LogP contribution in [-0.4, -0.2) is 82.4 Å². The SMILES string of the molecule is COCCN1CCC2(CN(Cc3cccc(F)c3)CC2c2cn(C(C)C)cn2)C1=O.O=C(O)C(F)(F)F. The molecule has 2 aromatic rings. The average molecular weight is 529 g/mol. The van der Waals surface area contributed by atoms with Crippen molar-refractivity contribution in [1.29, 1.82) is 0 Å². The second kappa shape index (κ2) is 11.6. The van der Waals surface area contributed by atoms with Gasteiger partial charge in [-0.1, -0.05) is 12.1 Å². The molecule has 3 heterocycles. The molecule has 1 N–H and O–H groups in total. The van der Waals surface area contributed by atoms with Gasteiger partial charge in [-0.25, -0.2) is 14.2 Å². The molecule has 1 spiro atoms. The van der Waals surface area contributed by atoms with Gasteiger partial charge in [0, 0.05) is 58.0 Å². The van der Waals surface area contributed by atoms with Crippen molar-refractivity contribution >= 4 is 11.9 Å². The number of carbonyl (C=O) groups is 2. The second-order valence-electron chi connectivity index (χ2n) is 9.69. The van der Waals surface area contributed by atoms with Crippen LogP contribution in [0.1, 0.15) is 43.5 Å². The molecular weight excluding hydrogens is 496 g/mol. The number of imidazole rings is 1. The number of aliphatic carboxylic acids is 1. The molecule has 37 heavy (non-hydrogen) atoms. The molecule has 0 saturated carbocycles. The van der Waals surface area contributed by atoms with Gasteiger partial charge in [-0.3, -0.25) is 9.69 Å². The van der Waals surface area contributed by atoms with Crippen LogP contribution >= 0.6 is 0 Å². The number of nitrogens with zero attached hydrogens (tertiary/aromatic N) is 4. The molecule has 8 nitrogen and oxygen atoms in total. The molecule has 2 saturated heterocycles. The quantitative estimate of drug-likeness (QED) is 0.552. The van der Waals surface area contributed by atoms with Crippen LogP contribution in [0, 0.1) is 11.2 Å². The molecule has 1 amide bonds. The second-order valence-corrected chi connectivity index (χ2v) is 9.69. The van der Waals surface area contributed by atoms with Gasteiger partial charge in [0.15, 0.2) is 0 Å². The molecule has 1 aromatic heterocycles. The molecule has 0 bridgehead atoms. The molecule has 4 rings (SSSR count). The van der Waals surface area contributed by atoms with Crippen LogP contribution in [0.25, 0.3) is 0 Å². The number of likely N-dealkylation sites (tertiary alicyclic amines) is 2. The Bertz CT molecular complexity index is 1090. The van der Waals surface area contributed by atoms with Crippen molar-refractivity contribution in [3.63, 3.8) is 0 Å². The number of carbonyl (C=O) groups excluding carboxylic acids is 1. The Labute approximate surface area is 212 Å². The van der Waals surface area contributed by atoms with Crippen molar-refractivity contribution < 1.29 is 37.0 Å². The van der Waals surface area contributed by atoms with E-state index < -0.39 is 17.6 Å². The molecule has 204 valence electrons. The smallest absolute Gasteiger partial charge is 0.475 e. The van der Waals surface area contributed by atoms with Crippen LogP contribution < -0.4 is 0 Å². The Balaban J connectivity index is 0.000000479. The molecule has 1 aromatic carbocycles. The van der Waals surface area contributed by atoms with Crippen molar-refractivity contribution in [3.05, 3.63) is 53.9 Å². The topological polar surface area (TPSA) is 87.9 Å². The summed E-state index contributed by atoms with van der Waals surface area (Å²) in [6.45, 7) is 8.21. The average Bonchev–Trinajstić information content (AvgIpc) is 3.51. The van der Waals surface area contributed by atoms with Gasteiger partial charge in [0.1, 0.15) is 5.82 Å².